The smallest absolute Gasteiger partial charge is 0.0344 e. The molecule has 0 amide bonds. The van der Waals surface area contributed by atoms with E-state index < -0.39 is 0 Å². The topological polar surface area (TPSA) is 26.0 Å². The Kier molecular flexibility index (Phi) is 3.97. The summed E-state index contributed by atoms with van der Waals surface area (Å²) in [5.41, 5.74) is 10.1. The fourth-order valence-electron chi connectivity index (χ4n) is 1.90. The fraction of sp³-hybridized carbons (Fsp3) is 0.333. The van der Waals surface area contributed by atoms with Crippen molar-refractivity contribution in [1.29, 1.82) is 0 Å². The van der Waals surface area contributed by atoms with Crippen molar-refractivity contribution >= 4 is 11.3 Å². The molecule has 1 aromatic heterocycles. The number of rotatable bonds is 4. The predicted molar refractivity (Wildman–Crippen MR) is 75.5 cm³/mol. The van der Waals surface area contributed by atoms with Gasteiger partial charge in [-0.25, -0.2) is 0 Å². The van der Waals surface area contributed by atoms with Gasteiger partial charge in [-0.2, -0.15) is 11.3 Å². The van der Waals surface area contributed by atoms with Crippen LogP contribution in [0.3, 0.4) is 0 Å². The zero-order chi connectivity index (χ0) is 12.3. The summed E-state index contributed by atoms with van der Waals surface area (Å²) in [6.07, 6.45) is 0.912. The molecule has 2 N–H and O–H groups in total. The molecular weight excluding hydrogens is 226 g/mol. The average Bonchev–Trinajstić information content (AvgIpc) is 2.83. The van der Waals surface area contributed by atoms with Gasteiger partial charge in [0.2, 0.25) is 0 Å². The van der Waals surface area contributed by atoms with Crippen molar-refractivity contribution in [3.05, 3.63) is 57.8 Å². The quantitative estimate of drug-likeness (QED) is 0.861. The minimum Gasteiger partial charge on any atom is -0.324 e. The first kappa shape index (κ1) is 12.3. The maximum absolute atomic E-state index is 6.18. The Hall–Kier alpha value is -1.12. The highest BCUT2D eigenvalue weighted by atomic mass is 32.1. The van der Waals surface area contributed by atoms with E-state index >= 15 is 0 Å². The molecule has 2 rings (SSSR count). The van der Waals surface area contributed by atoms with E-state index in [-0.39, 0.29) is 6.04 Å². The highest BCUT2D eigenvalue weighted by Crippen LogP contribution is 2.20. The summed E-state index contributed by atoms with van der Waals surface area (Å²) in [5.74, 6) is 0.592. The van der Waals surface area contributed by atoms with Gasteiger partial charge in [0.15, 0.2) is 0 Å². The van der Waals surface area contributed by atoms with Crippen LogP contribution in [0, 0.1) is 0 Å². The Bertz CT molecular complexity index is 442. The second-order valence-electron chi connectivity index (χ2n) is 4.76. The minimum absolute atomic E-state index is 0.117. The van der Waals surface area contributed by atoms with Crippen molar-refractivity contribution in [2.75, 3.05) is 0 Å². The van der Waals surface area contributed by atoms with Crippen LogP contribution in [0.1, 0.15) is 42.5 Å². The van der Waals surface area contributed by atoms with Gasteiger partial charge in [0.1, 0.15) is 0 Å². The molecule has 0 radical (unpaired) electrons. The molecule has 0 saturated heterocycles. The first-order chi connectivity index (χ1) is 8.16. The summed E-state index contributed by atoms with van der Waals surface area (Å²) < 4.78 is 0. The number of hydrogen-bond acceptors (Lipinski definition) is 2. The molecule has 2 aromatic rings. The molecule has 0 bridgehead atoms. The van der Waals surface area contributed by atoms with E-state index in [0.717, 1.165) is 6.42 Å². The summed E-state index contributed by atoms with van der Waals surface area (Å²) in [5, 5.41) is 4.21. The van der Waals surface area contributed by atoms with Crippen LogP contribution in [0.2, 0.25) is 0 Å². The van der Waals surface area contributed by atoms with E-state index in [1.165, 1.54) is 16.7 Å². The van der Waals surface area contributed by atoms with Crippen LogP contribution in [0.15, 0.2) is 41.1 Å². The number of nitrogens with two attached hydrogens (primary N) is 1. The second-order valence-corrected chi connectivity index (χ2v) is 5.54. The third kappa shape index (κ3) is 3.18. The lowest BCUT2D eigenvalue weighted by molar-refractivity contribution is 0.724. The Morgan fingerprint density at radius 3 is 2.29 bits per heavy atom. The summed E-state index contributed by atoms with van der Waals surface area (Å²) >= 11 is 1.70. The van der Waals surface area contributed by atoms with Crippen LogP contribution < -0.4 is 5.73 Å². The zero-order valence-corrected chi connectivity index (χ0v) is 11.2. The SMILES string of the molecule is CC(C)c1ccc(CC(N)c2ccsc2)cc1. The molecule has 0 aliphatic heterocycles. The van der Waals surface area contributed by atoms with Crippen molar-refractivity contribution < 1.29 is 0 Å². The minimum atomic E-state index is 0.117. The zero-order valence-electron chi connectivity index (χ0n) is 10.4. The maximum Gasteiger partial charge on any atom is 0.0344 e. The number of hydrogen-bond donors (Lipinski definition) is 1. The van der Waals surface area contributed by atoms with Crippen LogP contribution in [-0.2, 0) is 6.42 Å². The molecule has 1 heterocycles. The Morgan fingerprint density at radius 2 is 1.76 bits per heavy atom. The monoisotopic (exact) mass is 245 g/mol. The maximum atomic E-state index is 6.18. The van der Waals surface area contributed by atoms with E-state index in [0.29, 0.717) is 5.92 Å². The third-order valence-corrected chi connectivity index (χ3v) is 3.77. The number of thiophene rings is 1. The van der Waals surface area contributed by atoms with Crippen molar-refractivity contribution in [2.45, 2.75) is 32.2 Å². The second kappa shape index (κ2) is 5.48. The van der Waals surface area contributed by atoms with Gasteiger partial charge in [-0.15, -0.1) is 0 Å². The van der Waals surface area contributed by atoms with E-state index in [2.05, 4.69) is 54.9 Å². The first-order valence-corrected chi connectivity index (χ1v) is 6.97. The first-order valence-electron chi connectivity index (χ1n) is 6.03. The van der Waals surface area contributed by atoms with Crippen LogP contribution in [0.4, 0.5) is 0 Å². The molecule has 0 saturated carbocycles. The van der Waals surface area contributed by atoms with Gasteiger partial charge in [0, 0.05) is 6.04 Å². The summed E-state index contributed by atoms with van der Waals surface area (Å²) in [6, 6.07) is 11.0. The highest BCUT2D eigenvalue weighted by Gasteiger charge is 2.07. The molecule has 0 aliphatic carbocycles. The van der Waals surface area contributed by atoms with Gasteiger partial charge in [0.05, 0.1) is 0 Å². The molecule has 1 nitrogen and oxygen atoms in total. The molecule has 0 aliphatic rings. The predicted octanol–water partition coefficient (Wildman–Crippen LogP) is 4.11. The van der Waals surface area contributed by atoms with Gasteiger partial charge in [0.25, 0.3) is 0 Å². The summed E-state index contributed by atoms with van der Waals surface area (Å²) in [7, 11) is 0. The van der Waals surface area contributed by atoms with Crippen molar-refractivity contribution in [1.82, 2.24) is 0 Å². The van der Waals surface area contributed by atoms with Gasteiger partial charge in [-0.3, -0.25) is 0 Å². The molecule has 1 aromatic carbocycles. The van der Waals surface area contributed by atoms with Crippen LogP contribution in [0.5, 0.6) is 0 Å². The molecular formula is C15H19NS. The Labute approximate surface area is 107 Å². The molecule has 90 valence electrons. The Balaban J connectivity index is 2.04. The Morgan fingerprint density at radius 1 is 1.06 bits per heavy atom. The standard InChI is InChI=1S/C15H19NS/c1-11(2)13-5-3-12(4-6-13)9-15(16)14-7-8-17-10-14/h3-8,10-11,15H,9,16H2,1-2H3. The third-order valence-electron chi connectivity index (χ3n) is 3.07. The van der Waals surface area contributed by atoms with Gasteiger partial charge < -0.3 is 5.73 Å². The fourth-order valence-corrected chi connectivity index (χ4v) is 2.62. The highest BCUT2D eigenvalue weighted by molar-refractivity contribution is 7.07. The summed E-state index contributed by atoms with van der Waals surface area (Å²) in [4.78, 5) is 0. The lowest BCUT2D eigenvalue weighted by atomic mass is 9.98. The molecule has 17 heavy (non-hydrogen) atoms. The average molecular weight is 245 g/mol. The molecule has 0 fully saturated rings. The van der Waals surface area contributed by atoms with Crippen LogP contribution in [0.25, 0.3) is 0 Å². The molecule has 0 spiro atoms. The molecule has 1 atom stereocenters. The van der Waals surface area contributed by atoms with E-state index in [9.17, 15) is 0 Å². The van der Waals surface area contributed by atoms with Crippen LogP contribution >= 0.6 is 11.3 Å². The largest absolute Gasteiger partial charge is 0.324 e. The van der Waals surface area contributed by atoms with E-state index in [4.69, 9.17) is 5.73 Å². The van der Waals surface area contributed by atoms with Crippen molar-refractivity contribution in [2.24, 2.45) is 5.73 Å². The van der Waals surface area contributed by atoms with E-state index in [1.807, 2.05) is 0 Å². The van der Waals surface area contributed by atoms with Crippen LogP contribution in [-0.4, -0.2) is 0 Å². The van der Waals surface area contributed by atoms with Gasteiger partial charge in [-0.1, -0.05) is 38.1 Å². The lowest BCUT2D eigenvalue weighted by Gasteiger charge is -2.11. The van der Waals surface area contributed by atoms with Gasteiger partial charge in [-0.05, 0) is 45.9 Å². The van der Waals surface area contributed by atoms with Crippen molar-refractivity contribution in [3.63, 3.8) is 0 Å². The normalized spacial score (nSPS) is 12.9. The lowest BCUT2D eigenvalue weighted by Crippen LogP contribution is -2.12. The number of benzene rings is 1. The molecule has 2 heteroatoms. The molecule has 1 unspecified atom stereocenters. The van der Waals surface area contributed by atoms with Crippen molar-refractivity contribution in [3.8, 4) is 0 Å². The van der Waals surface area contributed by atoms with Gasteiger partial charge >= 0.3 is 0 Å². The summed E-state index contributed by atoms with van der Waals surface area (Å²) in [6.45, 7) is 4.43. The van der Waals surface area contributed by atoms with E-state index in [1.54, 1.807) is 11.3 Å².